The molecule has 1 N–H and O–H groups in total. The second-order valence-corrected chi connectivity index (χ2v) is 9.16. The zero-order valence-electron chi connectivity index (χ0n) is 19.7. The summed E-state index contributed by atoms with van der Waals surface area (Å²) >= 11 is 1.24. The summed E-state index contributed by atoms with van der Waals surface area (Å²) < 4.78 is 11.3. The van der Waals surface area contributed by atoms with Crippen molar-refractivity contribution in [1.82, 2.24) is 4.90 Å². The Kier molecular flexibility index (Phi) is 7.47. The zero-order valence-corrected chi connectivity index (χ0v) is 20.5. The van der Waals surface area contributed by atoms with Crippen LogP contribution in [0.25, 0.3) is 6.08 Å². The molecule has 4 aromatic rings. The molecule has 0 radical (unpaired) electrons. The minimum atomic E-state index is -0.195. The maximum atomic E-state index is 13.2. The fraction of sp³-hybridized carbons (Fsp3) is 0.0690. The first-order chi connectivity index (χ1) is 18.1. The van der Waals surface area contributed by atoms with E-state index >= 15 is 0 Å². The molecular formula is C29H23N3O4S. The van der Waals surface area contributed by atoms with Crippen molar-refractivity contribution in [1.29, 1.82) is 0 Å². The van der Waals surface area contributed by atoms with E-state index < -0.39 is 0 Å². The van der Waals surface area contributed by atoms with Gasteiger partial charge in [-0.2, -0.15) is 5.10 Å². The lowest BCUT2D eigenvalue weighted by Crippen LogP contribution is -2.28. The predicted octanol–water partition coefficient (Wildman–Crippen LogP) is 6.07. The Morgan fingerprint density at radius 2 is 1.78 bits per heavy atom. The van der Waals surface area contributed by atoms with Crippen molar-refractivity contribution in [2.45, 2.75) is 13.2 Å². The second-order valence-electron chi connectivity index (χ2n) is 8.15. The molecule has 1 aromatic heterocycles. The molecule has 0 spiro atoms. The lowest BCUT2D eigenvalue weighted by atomic mass is 10.2. The third-order valence-electron chi connectivity index (χ3n) is 5.43. The molecule has 0 aliphatic carbocycles. The minimum absolute atomic E-state index is 0.165. The van der Waals surface area contributed by atoms with Crippen LogP contribution in [-0.2, 0) is 17.9 Å². The number of furan rings is 1. The van der Waals surface area contributed by atoms with E-state index in [9.17, 15) is 9.90 Å². The molecule has 8 heteroatoms. The number of ether oxygens (including phenoxy) is 1. The molecule has 0 atom stereocenters. The molecule has 1 saturated heterocycles. The van der Waals surface area contributed by atoms with Crippen molar-refractivity contribution in [3.8, 4) is 11.5 Å². The van der Waals surface area contributed by atoms with E-state index in [0.29, 0.717) is 22.4 Å². The fourth-order valence-corrected chi connectivity index (χ4v) is 4.51. The van der Waals surface area contributed by atoms with Gasteiger partial charge in [0.2, 0.25) is 0 Å². The summed E-state index contributed by atoms with van der Waals surface area (Å²) in [4.78, 5) is 15.2. The monoisotopic (exact) mass is 509 g/mol. The maximum Gasteiger partial charge on any atom is 0.267 e. The maximum absolute atomic E-state index is 13.2. The van der Waals surface area contributed by atoms with Gasteiger partial charge in [0.1, 0.15) is 23.9 Å². The van der Waals surface area contributed by atoms with Crippen LogP contribution in [0.4, 0.5) is 0 Å². The van der Waals surface area contributed by atoms with Crippen molar-refractivity contribution in [3.63, 3.8) is 0 Å². The van der Waals surface area contributed by atoms with Crippen LogP contribution in [0.15, 0.2) is 117 Å². The van der Waals surface area contributed by atoms with Crippen LogP contribution in [0.5, 0.6) is 11.5 Å². The van der Waals surface area contributed by atoms with Gasteiger partial charge in [0, 0.05) is 0 Å². The highest BCUT2D eigenvalue weighted by molar-refractivity contribution is 8.18. The summed E-state index contributed by atoms with van der Waals surface area (Å²) in [5, 5.41) is 18.6. The van der Waals surface area contributed by atoms with Crippen molar-refractivity contribution >= 4 is 35.1 Å². The van der Waals surface area contributed by atoms with Gasteiger partial charge in [0.15, 0.2) is 5.17 Å². The number of hydrogen-bond donors (Lipinski definition) is 1. The summed E-state index contributed by atoms with van der Waals surface area (Å²) in [6.45, 7) is 0.712. The minimum Gasteiger partial charge on any atom is -0.508 e. The predicted molar refractivity (Wildman–Crippen MR) is 145 cm³/mol. The molecule has 1 fully saturated rings. The highest BCUT2D eigenvalue weighted by Crippen LogP contribution is 2.34. The van der Waals surface area contributed by atoms with Crippen LogP contribution in [0, 0.1) is 0 Å². The van der Waals surface area contributed by atoms with Crippen LogP contribution >= 0.6 is 11.8 Å². The molecule has 0 saturated carbocycles. The molecule has 7 nitrogen and oxygen atoms in total. The number of rotatable bonds is 8. The Hall–Kier alpha value is -4.56. The molecule has 5 rings (SSSR count). The van der Waals surface area contributed by atoms with Gasteiger partial charge < -0.3 is 14.3 Å². The van der Waals surface area contributed by atoms with Gasteiger partial charge in [-0.15, -0.1) is 5.10 Å². The van der Waals surface area contributed by atoms with Gasteiger partial charge in [-0.25, -0.2) is 0 Å². The van der Waals surface area contributed by atoms with E-state index in [4.69, 9.17) is 9.15 Å². The highest BCUT2D eigenvalue weighted by Gasteiger charge is 2.34. The molecule has 1 amide bonds. The molecule has 2 heterocycles. The number of amides is 1. The molecule has 37 heavy (non-hydrogen) atoms. The topological polar surface area (TPSA) is 87.6 Å². The van der Waals surface area contributed by atoms with E-state index in [1.54, 1.807) is 48.9 Å². The van der Waals surface area contributed by atoms with Gasteiger partial charge in [0.25, 0.3) is 5.91 Å². The summed E-state index contributed by atoms with van der Waals surface area (Å²) in [7, 11) is 0. The van der Waals surface area contributed by atoms with Crippen molar-refractivity contribution in [2.75, 3.05) is 0 Å². The molecule has 1 aliphatic heterocycles. The number of carbonyl (C=O) groups is 1. The Morgan fingerprint density at radius 1 is 0.946 bits per heavy atom. The average Bonchev–Trinajstić information content (AvgIpc) is 3.54. The molecule has 0 bridgehead atoms. The number of nitrogens with zero attached hydrogens (tertiary/aromatic N) is 3. The van der Waals surface area contributed by atoms with E-state index in [-0.39, 0.29) is 18.2 Å². The molecule has 184 valence electrons. The van der Waals surface area contributed by atoms with Crippen molar-refractivity contribution < 1.29 is 19.1 Å². The number of carbonyl (C=O) groups excluding carboxylic acids is 1. The van der Waals surface area contributed by atoms with Crippen LogP contribution in [0.1, 0.15) is 22.5 Å². The first-order valence-corrected chi connectivity index (χ1v) is 12.4. The number of thioether (sulfide) groups is 1. The smallest absolute Gasteiger partial charge is 0.267 e. The van der Waals surface area contributed by atoms with Crippen LogP contribution in [-0.4, -0.2) is 27.3 Å². The second kappa shape index (κ2) is 11.5. The SMILES string of the molecule is O=C1/C(=C/c2ccc(O)cc2)S/C(=N\N=C\c2cccc(OCc3ccccc3)c2)N1Cc1ccco1. The number of benzene rings is 3. The molecular weight excluding hydrogens is 486 g/mol. The third-order valence-corrected chi connectivity index (χ3v) is 6.43. The number of aromatic hydroxyl groups is 1. The lowest BCUT2D eigenvalue weighted by Gasteiger charge is -2.12. The van der Waals surface area contributed by atoms with E-state index in [0.717, 1.165) is 22.4 Å². The highest BCUT2D eigenvalue weighted by atomic mass is 32.2. The zero-order chi connectivity index (χ0) is 25.5. The third kappa shape index (κ3) is 6.36. The number of phenolic OH excluding ortho intramolecular Hbond substituents is 1. The first-order valence-electron chi connectivity index (χ1n) is 11.5. The Balaban J connectivity index is 1.33. The average molecular weight is 510 g/mol. The lowest BCUT2D eigenvalue weighted by molar-refractivity contribution is -0.122. The Labute approximate surface area is 218 Å². The Bertz CT molecular complexity index is 1450. The van der Waals surface area contributed by atoms with E-state index in [1.807, 2.05) is 60.7 Å². The number of phenols is 1. The molecule has 1 aliphatic rings. The van der Waals surface area contributed by atoms with Gasteiger partial charge in [-0.05, 0) is 70.9 Å². The van der Waals surface area contributed by atoms with Gasteiger partial charge in [-0.1, -0.05) is 54.6 Å². The summed E-state index contributed by atoms with van der Waals surface area (Å²) in [6.07, 6.45) is 4.96. The van der Waals surface area contributed by atoms with Crippen LogP contribution in [0.2, 0.25) is 0 Å². The molecule has 0 unspecified atom stereocenters. The van der Waals surface area contributed by atoms with Crippen LogP contribution < -0.4 is 4.74 Å². The number of hydrogen-bond acceptors (Lipinski definition) is 7. The van der Waals surface area contributed by atoms with E-state index in [1.165, 1.54) is 16.7 Å². The largest absolute Gasteiger partial charge is 0.508 e. The van der Waals surface area contributed by atoms with Gasteiger partial charge in [0.05, 0.1) is 23.9 Å². The summed E-state index contributed by atoms with van der Waals surface area (Å²) in [6, 6.07) is 27.8. The van der Waals surface area contributed by atoms with Crippen molar-refractivity contribution in [2.24, 2.45) is 10.2 Å². The first kappa shape index (κ1) is 24.1. The van der Waals surface area contributed by atoms with Crippen molar-refractivity contribution in [3.05, 3.63) is 125 Å². The van der Waals surface area contributed by atoms with E-state index in [2.05, 4.69) is 10.2 Å². The summed E-state index contributed by atoms with van der Waals surface area (Å²) in [5.41, 5.74) is 2.70. The van der Waals surface area contributed by atoms with Crippen LogP contribution in [0.3, 0.4) is 0 Å². The van der Waals surface area contributed by atoms with Gasteiger partial charge in [-0.3, -0.25) is 9.69 Å². The summed E-state index contributed by atoms with van der Waals surface area (Å²) in [5.74, 6) is 1.34. The standard InChI is InChI=1S/C29H23N3O4S/c33-24-13-11-21(12-14-24)17-27-28(34)32(19-26-10-5-15-35-26)29(37-27)31-30-18-23-8-4-9-25(16-23)36-20-22-6-2-1-3-7-22/h1-18,33H,19-20H2/b27-17-,30-18+,31-29-. The number of amidine groups is 1. The quantitative estimate of drug-likeness (QED) is 0.177. The molecule has 3 aromatic carbocycles. The fourth-order valence-electron chi connectivity index (χ4n) is 3.57. The normalized spacial score (nSPS) is 15.8. The Morgan fingerprint density at radius 3 is 2.57 bits per heavy atom. The van der Waals surface area contributed by atoms with Gasteiger partial charge >= 0.3 is 0 Å².